The van der Waals surface area contributed by atoms with Gasteiger partial charge in [0.2, 0.25) is 0 Å². The number of fused-ring (bicyclic) bond motifs is 3. The molecule has 132 valence electrons. The molecule has 0 aromatic carbocycles. The lowest BCUT2D eigenvalue weighted by Crippen LogP contribution is -2.61. The van der Waals surface area contributed by atoms with Crippen molar-refractivity contribution in [1.82, 2.24) is 0 Å². The Bertz CT molecular complexity index is 648. The summed E-state index contributed by atoms with van der Waals surface area (Å²) < 4.78 is 0. The third-order valence-corrected chi connectivity index (χ3v) is 7.18. The highest BCUT2D eigenvalue weighted by molar-refractivity contribution is 5.94. The van der Waals surface area contributed by atoms with Crippen molar-refractivity contribution in [3.63, 3.8) is 0 Å². The molecular weight excluding hydrogens is 304 g/mol. The first-order chi connectivity index (χ1) is 11.1. The van der Waals surface area contributed by atoms with Gasteiger partial charge < -0.3 is 10.2 Å². The summed E-state index contributed by atoms with van der Waals surface area (Å²) in [7, 11) is 0. The molecule has 3 aliphatic carbocycles. The van der Waals surface area contributed by atoms with Crippen LogP contribution in [0.15, 0.2) is 23.8 Å². The van der Waals surface area contributed by atoms with Gasteiger partial charge in [0.1, 0.15) is 5.60 Å². The van der Waals surface area contributed by atoms with E-state index in [1.807, 2.05) is 13.0 Å². The van der Waals surface area contributed by atoms with Gasteiger partial charge in [-0.3, -0.25) is 9.59 Å². The molecule has 2 saturated carbocycles. The van der Waals surface area contributed by atoms with Crippen LogP contribution < -0.4 is 0 Å². The Kier molecular flexibility index (Phi) is 3.83. The minimum Gasteiger partial charge on any atom is -0.481 e. The Morgan fingerprint density at radius 2 is 2.00 bits per heavy atom. The Hall–Kier alpha value is -1.42. The van der Waals surface area contributed by atoms with E-state index < -0.39 is 22.4 Å². The van der Waals surface area contributed by atoms with Crippen molar-refractivity contribution >= 4 is 11.8 Å². The van der Waals surface area contributed by atoms with Crippen molar-refractivity contribution in [3.05, 3.63) is 23.8 Å². The molecule has 3 aliphatic rings. The van der Waals surface area contributed by atoms with Crippen molar-refractivity contribution in [3.8, 4) is 0 Å². The number of carboxylic acid groups (broad SMARTS) is 1. The number of carbonyl (C=O) groups is 2. The van der Waals surface area contributed by atoms with Crippen LogP contribution >= 0.6 is 0 Å². The SMILES string of the molecule is C=C(C)[C@@H]1CC=C2[C@](O)(C1)C(=O)C[C@H]1[C@](C)(C(=O)O)CCC[C@]21C. The lowest BCUT2D eigenvalue weighted by molar-refractivity contribution is -0.168. The molecule has 0 aromatic heterocycles. The van der Waals surface area contributed by atoms with E-state index in [0.717, 1.165) is 30.4 Å². The smallest absolute Gasteiger partial charge is 0.309 e. The van der Waals surface area contributed by atoms with Crippen LogP contribution in [0.25, 0.3) is 0 Å². The van der Waals surface area contributed by atoms with E-state index in [0.29, 0.717) is 12.8 Å². The van der Waals surface area contributed by atoms with E-state index in [2.05, 4.69) is 13.5 Å². The summed E-state index contributed by atoms with van der Waals surface area (Å²) in [5, 5.41) is 21.1. The van der Waals surface area contributed by atoms with Gasteiger partial charge in [-0.05, 0) is 62.4 Å². The zero-order valence-electron chi connectivity index (χ0n) is 14.9. The number of hydrogen-bond donors (Lipinski definition) is 2. The molecule has 0 bridgehead atoms. The largest absolute Gasteiger partial charge is 0.481 e. The average molecular weight is 332 g/mol. The second-order valence-electron chi connectivity index (χ2n) is 8.63. The Morgan fingerprint density at radius 1 is 1.33 bits per heavy atom. The fourth-order valence-electron chi connectivity index (χ4n) is 5.58. The molecule has 4 nitrogen and oxygen atoms in total. The van der Waals surface area contributed by atoms with Crippen molar-refractivity contribution in [2.75, 3.05) is 0 Å². The highest BCUT2D eigenvalue weighted by Gasteiger charge is 2.63. The van der Waals surface area contributed by atoms with E-state index >= 15 is 0 Å². The van der Waals surface area contributed by atoms with Crippen LogP contribution in [-0.4, -0.2) is 27.6 Å². The van der Waals surface area contributed by atoms with Gasteiger partial charge in [-0.1, -0.05) is 31.6 Å². The van der Waals surface area contributed by atoms with Crippen LogP contribution in [0.1, 0.15) is 59.3 Å². The highest BCUT2D eigenvalue weighted by atomic mass is 16.4. The second-order valence-corrected chi connectivity index (χ2v) is 8.63. The van der Waals surface area contributed by atoms with Gasteiger partial charge in [-0.15, -0.1) is 0 Å². The monoisotopic (exact) mass is 332 g/mol. The van der Waals surface area contributed by atoms with E-state index in [1.54, 1.807) is 6.92 Å². The quantitative estimate of drug-likeness (QED) is 0.759. The minimum absolute atomic E-state index is 0.109. The number of Topliss-reactive ketones (excluding diaryl/α,β-unsaturated/α-hetero) is 1. The molecule has 0 unspecified atom stereocenters. The molecule has 4 heteroatoms. The summed E-state index contributed by atoms with van der Waals surface area (Å²) >= 11 is 0. The molecule has 3 rings (SSSR count). The van der Waals surface area contributed by atoms with Gasteiger partial charge >= 0.3 is 5.97 Å². The Balaban J connectivity index is 2.10. The number of allylic oxidation sites excluding steroid dienone is 2. The fourth-order valence-corrected chi connectivity index (χ4v) is 5.58. The molecule has 0 spiro atoms. The zero-order valence-corrected chi connectivity index (χ0v) is 14.9. The first-order valence-corrected chi connectivity index (χ1v) is 8.91. The van der Waals surface area contributed by atoms with Gasteiger partial charge in [0.25, 0.3) is 0 Å². The first-order valence-electron chi connectivity index (χ1n) is 8.91. The summed E-state index contributed by atoms with van der Waals surface area (Å²) in [5.74, 6) is -1.18. The molecule has 0 aromatic rings. The lowest BCUT2D eigenvalue weighted by Gasteiger charge is -2.58. The van der Waals surface area contributed by atoms with E-state index in [1.165, 1.54) is 0 Å². The van der Waals surface area contributed by atoms with Crippen LogP contribution in [0.2, 0.25) is 0 Å². The third-order valence-electron chi connectivity index (χ3n) is 7.18. The molecule has 0 heterocycles. The molecular formula is C20H28O4. The maximum absolute atomic E-state index is 12.9. The predicted molar refractivity (Wildman–Crippen MR) is 91.4 cm³/mol. The van der Waals surface area contributed by atoms with E-state index in [9.17, 15) is 19.8 Å². The van der Waals surface area contributed by atoms with E-state index in [-0.39, 0.29) is 24.0 Å². The maximum Gasteiger partial charge on any atom is 0.309 e. The maximum atomic E-state index is 12.9. The normalized spacial score (nSPS) is 45.0. The first kappa shape index (κ1) is 17.4. The topological polar surface area (TPSA) is 74.6 Å². The van der Waals surface area contributed by atoms with Crippen LogP contribution in [-0.2, 0) is 9.59 Å². The van der Waals surface area contributed by atoms with Crippen LogP contribution in [0.3, 0.4) is 0 Å². The van der Waals surface area contributed by atoms with Gasteiger partial charge in [0.05, 0.1) is 5.41 Å². The number of aliphatic hydroxyl groups is 1. The molecule has 0 aliphatic heterocycles. The number of carbonyl (C=O) groups excluding carboxylic acids is 1. The predicted octanol–water partition coefficient (Wildman–Crippen LogP) is 3.50. The Morgan fingerprint density at radius 3 is 2.58 bits per heavy atom. The Labute approximate surface area is 143 Å². The van der Waals surface area contributed by atoms with Crippen LogP contribution in [0.4, 0.5) is 0 Å². The van der Waals surface area contributed by atoms with Crippen molar-refractivity contribution in [2.45, 2.75) is 64.9 Å². The molecule has 24 heavy (non-hydrogen) atoms. The molecule has 2 N–H and O–H groups in total. The van der Waals surface area contributed by atoms with Gasteiger partial charge in [0.15, 0.2) is 5.78 Å². The lowest BCUT2D eigenvalue weighted by atomic mass is 9.45. The zero-order chi connectivity index (χ0) is 17.9. The summed E-state index contributed by atoms with van der Waals surface area (Å²) in [5.41, 5.74) is -1.01. The van der Waals surface area contributed by atoms with Crippen molar-refractivity contribution < 1.29 is 19.8 Å². The standard InChI is InChI=1S/C20H28O4/c1-12(2)13-6-7-14-18(3)8-5-9-19(4,17(22)23)15(18)10-16(21)20(14,24)11-13/h7,13,15,24H,1,5-6,8-11H2,2-4H3,(H,22,23)/t13-,15-,18-,19-,20-/m1/s1. The van der Waals surface area contributed by atoms with Gasteiger partial charge in [-0.25, -0.2) is 0 Å². The number of hydrogen-bond acceptors (Lipinski definition) is 3. The molecule has 0 radical (unpaired) electrons. The highest BCUT2D eigenvalue weighted by Crippen LogP contribution is 2.63. The summed E-state index contributed by atoms with van der Waals surface area (Å²) in [4.78, 5) is 24.9. The second kappa shape index (κ2) is 5.29. The number of rotatable bonds is 2. The van der Waals surface area contributed by atoms with Crippen LogP contribution in [0.5, 0.6) is 0 Å². The van der Waals surface area contributed by atoms with Crippen LogP contribution in [0, 0.1) is 22.7 Å². The summed E-state index contributed by atoms with van der Waals surface area (Å²) in [6.07, 6.45) is 5.55. The van der Waals surface area contributed by atoms with Gasteiger partial charge in [-0.2, -0.15) is 0 Å². The third kappa shape index (κ3) is 2.15. The number of ketones is 1. The average Bonchev–Trinajstić information content (AvgIpc) is 2.49. The van der Waals surface area contributed by atoms with E-state index in [4.69, 9.17) is 0 Å². The molecule has 5 atom stereocenters. The molecule has 2 fully saturated rings. The summed E-state index contributed by atoms with van der Waals surface area (Å²) in [6, 6.07) is 0. The van der Waals surface area contributed by atoms with Crippen molar-refractivity contribution in [1.29, 1.82) is 0 Å². The molecule has 0 saturated heterocycles. The van der Waals surface area contributed by atoms with Crippen molar-refractivity contribution in [2.24, 2.45) is 22.7 Å². The number of carboxylic acids is 1. The summed E-state index contributed by atoms with van der Waals surface area (Å²) in [6.45, 7) is 9.76. The van der Waals surface area contributed by atoms with Gasteiger partial charge in [0, 0.05) is 6.42 Å². The number of aliphatic carboxylic acids is 1. The molecule has 0 amide bonds. The minimum atomic E-state index is -1.44. The fraction of sp³-hybridized carbons (Fsp3) is 0.700.